The predicted molar refractivity (Wildman–Crippen MR) is 94.4 cm³/mol. The average Bonchev–Trinajstić information content (AvgIpc) is 3.11. The summed E-state index contributed by atoms with van der Waals surface area (Å²) in [6.07, 6.45) is 1.66. The second-order valence-electron chi connectivity index (χ2n) is 5.74. The van der Waals surface area contributed by atoms with Crippen molar-refractivity contribution in [2.24, 2.45) is 0 Å². The van der Waals surface area contributed by atoms with E-state index in [4.69, 9.17) is 0 Å². The molecule has 0 radical (unpaired) electrons. The van der Waals surface area contributed by atoms with Gasteiger partial charge in [-0.05, 0) is 6.07 Å². The van der Waals surface area contributed by atoms with Crippen molar-refractivity contribution >= 4 is 28.7 Å². The molecule has 2 aromatic heterocycles. The van der Waals surface area contributed by atoms with Crippen molar-refractivity contribution in [2.75, 3.05) is 36.4 Å². The molecule has 0 bridgehead atoms. The Morgan fingerprint density at radius 1 is 1.20 bits per heavy atom. The van der Waals surface area contributed by atoms with Crippen LogP contribution in [0, 0.1) is 10.1 Å². The molecule has 1 aliphatic heterocycles. The number of benzene rings is 1. The lowest BCUT2D eigenvalue weighted by atomic mass is 10.2. The standard InChI is InChI=1S/C16H17N7O2/c24-23(25)13-4-2-1-3-12(13)19-16-11-15(21-9-7-17-8-10-21)20-14-5-6-18-22(14)16/h1-6,11,17,19H,7-10H2. The van der Waals surface area contributed by atoms with Crippen molar-refractivity contribution in [1.82, 2.24) is 19.9 Å². The maximum atomic E-state index is 11.3. The van der Waals surface area contributed by atoms with Crippen molar-refractivity contribution in [3.8, 4) is 0 Å². The van der Waals surface area contributed by atoms with Crippen molar-refractivity contribution in [3.05, 3.63) is 52.7 Å². The number of nitro benzene ring substituents is 1. The van der Waals surface area contributed by atoms with Crippen molar-refractivity contribution in [2.45, 2.75) is 0 Å². The molecular weight excluding hydrogens is 322 g/mol. The molecule has 3 aromatic rings. The van der Waals surface area contributed by atoms with Crippen LogP contribution >= 0.6 is 0 Å². The van der Waals surface area contributed by atoms with Gasteiger partial charge in [0.05, 0.1) is 11.1 Å². The van der Waals surface area contributed by atoms with E-state index < -0.39 is 4.92 Å². The van der Waals surface area contributed by atoms with Crippen LogP contribution in [0.15, 0.2) is 42.6 Å². The minimum absolute atomic E-state index is 0.0170. The number of rotatable bonds is 4. The van der Waals surface area contributed by atoms with Crippen LogP contribution in [0.4, 0.5) is 23.0 Å². The number of nitro groups is 1. The quantitative estimate of drug-likeness (QED) is 0.552. The Kier molecular flexibility index (Phi) is 3.90. The molecule has 1 aromatic carbocycles. The van der Waals surface area contributed by atoms with Crippen LogP contribution in [0.3, 0.4) is 0 Å². The molecule has 25 heavy (non-hydrogen) atoms. The number of anilines is 3. The number of nitrogens with one attached hydrogen (secondary N) is 2. The first-order valence-electron chi connectivity index (χ1n) is 8.03. The number of nitrogens with zero attached hydrogens (tertiary/aromatic N) is 5. The molecule has 1 aliphatic rings. The summed E-state index contributed by atoms with van der Waals surface area (Å²) >= 11 is 0. The van der Waals surface area contributed by atoms with Gasteiger partial charge in [0.1, 0.15) is 17.3 Å². The molecule has 1 saturated heterocycles. The van der Waals surface area contributed by atoms with Crippen molar-refractivity contribution in [1.29, 1.82) is 0 Å². The van der Waals surface area contributed by atoms with Gasteiger partial charge in [-0.2, -0.15) is 9.61 Å². The summed E-state index contributed by atoms with van der Waals surface area (Å²) < 4.78 is 1.64. The van der Waals surface area contributed by atoms with E-state index in [9.17, 15) is 10.1 Å². The fraction of sp³-hybridized carbons (Fsp3) is 0.250. The molecule has 1 fully saturated rings. The van der Waals surface area contributed by atoms with Gasteiger partial charge in [0.2, 0.25) is 0 Å². The first-order valence-corrected chi connectivity index (χ1v) is 8.03. The number of fused-ring (bicyclic) bond motifs is 1. The van der Waals surface area contributed by atoms with Gasteiger partial charge in [-0.1, -0.05) is 12.1 Å². The summed E-state index contributed by atoms with van der Waals surface area (Å²) in [5, 5.41) is 22.0. The molecular formula is C16H17N7O2. The molecule has 128 valence electrons. The Hall–Kier alpha value is -3.20. The second kappa shape index (κ2) is 6.36. The zero-order valence-electron chi connectivity index (χ0n) is 13.4. The van der Waals surface area contributed by atoms with E-state index >= 15 is 0 Å². The van der Waals surface area contributed by atoms with Gasteiger partial charge in [0, 0.05) is 44.4 Å². The number of para-hydroxylation sites is 2. The van der Waals surface area contributed by atoms with E-state index in [1.807, 2.05) is 12.1 Å². The molecule has 0 saturated carbocycles. The summed E-state index contributed by atoms with van der Waals surface area (Å²) in [6.45, 7) is 3.53. The summed E-state index contributed by atoms with van der Waals surface area (Å²) in [7, 11) is 0. The molecule has 0 unspecified atom stereocenters. The first kappa shape index (κ1) is 15.3. The highest BCUT2D eigenvalue weighted by molar-refractivity contribution is 5.70. The Morgan fingerprint density at radius 3 is 2.80 bits per heavy atom. The van der Waals surface area contributed by atoms with Crippen LogP contribution in [0.2, 0.25) is 0 Å². The minimum Gasteiger partial charge on any atom is -0.354 e. The molecule has 0 spiro atoms. The van der Waals surface area contributed by atoms with Crippen LogP contribution in [-0.4, -0.2) is 45.7 Å². The monoisotopic (exact) mass is 339 g/mol. The molecule has 2 N–H and O–H groups in total. The zero-order chi connectivity index (χ0) is 17.2. The third-order valence-electron chi connectivity index (χ3n) is 4.15. The highest BCUT2D eigenvalue weighted by atomic mass is 16.6. The smallest absolute Gasteiger partial charge is 0.292 e. The lowest BCUT2D eigenvalue weighted by Gasteiger charge is -2.28. The number of aromatic nitrogens is 3. The van der Waals surface area contributed by atoms with Crippen LogP contribution in [-0.2, 0) is 0 Å². The molecule has 9 nitrogen and oxygen atoms in total. The van der Waals surface area contributed by atoms with E-state index in [1.165, 1.54) is 6.07 Å². The van der Waals surface area contributed by atoms with E-state index in [-0.39, 0.29) is 5.69 Å². The fourth-order valence-electron chi connectivity index (χ4n) is 2.92. The van der Waals surface area contributed by atoms with Crippen LogP contribution < -0.4 is 15.5 Å². The second-order valence-corrected chi connectivity index (χ2v) is 5.74. The highest BCUT2D eigenvalue weighted by Crippen LogP contribution is 2.28. The lowest BCUT2D eigenvalue weighted by molar-refractivity contribution is -0.383. The van der Waals surface area contributed by atoms with E-state index in [1.54, 1.807) is 28.9 Å². The molecule has 9 heteroatoms. The zero-order valence-corrected chi connectivity index (χ0v) is 13.4. The van der Waals surface area contributed by atoms with Crippen LogP contribution in [0.25, 0.3) is 5.65 Å². The van der Waals surface area contributed by atoms with Gasteiger partial charge >= 0.3 is 0 Å². The fourth-order valence-corrected chi connectivity index (χ4v) is 2.92. The van der Waals surface area contributed by atoms with Gasteiger partial charge in [-0.3, -0.25) is 10.1 Å². The van der Waals surface area contributed by atoms with Gasteiger partial charge in [-0.15, -0.1) is 0 Å². The predicted octanol–water partition coefficient (Wildman–Crippen LogP) is 1.79. The molecule has 4 rings (SSSR count). The lowest BCUT2D eigenvalue weighted by Crippen LogP contribution is -2.44. The largest absolute Gasteiger partial charge is 0.354 e. The number of hydrogen-bond donors (Lipinski definition) is 2. The van der Waals surface area contributed by atoms with Crippen LogP contribution in [0.1, 0.15) is 0 Å². The van der Waals surface area contributed by atoms with Gasteiger partial charge in [-0.25, -0.2) is 4.98 Å². The van der Waals surface area contributed by atoms with E-state index in [0.717, 1.165) is 32.0 Å². The summed E-state index contributed by atoms with van der Waals surface area (Å²) in [5.41, 5.74) is 1.13. The van der Waals surface area contributed by atoms with Crippen LogP contribution in [0.5, 0.6) is 0 Å². The van der Waals surface area contributed by atoms with E-state index in [0.29, 0.717) is 17.2 Å². The maximum absolute atomic E-state index is 11.3. The molecule has 0 aliphatic carbocycles. The molecule has 3 heterocycles. The Labute approximate surface area is 143 Å². The first-order chi connectivity index (χ1) is 12.2. The third-order valence-corrected chi connectivity index (χ3v) is 4.15. The van der Waals surface area contributed by atoms with Gasteiger partial charge in [0.15, 0.2) is 5.65 Å². The number of piperazine rings is 1. The Morgan fingerprint density at radius 2 is 2.00 bits per heavy atom. The van der Waals surface area contributed by atoms with Crippen molar-refractivity contribution in [3.63, 3.8) is 0 Å². The number of hydrogen-bond acceptors (Lipinski definition) is 7. The highest BCUT2D eigenvalue weighted by Gasteiger charge is 2.17. The van der Waals surface area contributed by atoms with E-state index in [2.05, 4.69) is 25.6 Å². The normalized spacial score (nSPS) is 14.6. The Balaban J connectivity index is 1.76. The minimum atomic E-state index is -0.402. The van der Waals surface area contributed by atoms with Gasteiger partial charge in [0.25, 0.3) is 5.69 Å². The SMILES string of the molecule is O=[N+]([O-])c1ccccc1Nc1cc(N2CCNCC2)nc2ccnn12. The van der Waals surface area contributed by atoms with Crippen molar-refractivity contribution < 1.29 is 4.92 Å². The van der Waals surface area contributed by atoms with Gasteiger partial charge < -0.3 is 15.5 Å². The average molecular weight is 339 g/mol. The molecule has 0 amide bonds. The summed E-state index contributed by atoms with van der Waals surface area (Å²) in [6, 6.07) is 10.2. The topological polar surface area (TPSA) is 101 Å². The maximum Gasteiger partial charge on any atom is 0.292 e. The Bertz CT molecular complexity index is 918. The summed E-state index contributed by atoms with van der Waals surface area (Å²) in [4.78, 5) is 17.7. The molecule has 0 atom stereocenters. The summed E-state index contributed by atoms with van der Waals surface area (Å²) in [5.74, 6) is 1.47. The third kappa shape index (κ3) is 2.96.